The second-order valence-electron chi connectivity index (χ2n) is 5.89. The highest BCUT2D eigenvalue weighted by Gasteiger charge is 2.32. The minimum atomic E-state index is -0.511. The third-order valence-corrected chi connectivity index (χ3v) is 5.02. The smallest absolute Gasteiger partial charge is 0.240 e. The number of rotatable bonds is 7. The van der Waals surface area contributed by atoms with E-state index >= 15 is 0 Å². The van der Waals surface area contributed by atoms with Crippen LogP contribution in [0.15, 0.2) is 70.9 Å². The summed E-state index contributed by atoms with van der Waals surface area (Å²) < 4.78 is 5.08. The second-order valence-corrected chi connectivity index (χ2v) is 7.08. The number of carbonyl (C=O) groups is 2. The zero-order valence-corrected chi connectivity index (χ0v) is 16.1. The molecule has 7 heteroatoms. The van der Waals surface area contributed by atoms with Crippen LogP contribution in [0.4, 0.5) is 0 Å². The maximum absolute atomic E-state index is 12.4. The highest BCUT2D eigenvalue weighted by atomic mass is 32.2. The molecule has 2 aromatic carbocycles. The lowest BCUT2D eigenvalue weighted by Crippen LogP contribution is -2.26. The fourth-order valence-corrected chi connectivity index (χ4v) is 3.42. The van der Waals surface area contributed by atoms with Gasteiger partial charge in [0.15, 0.2) is 11.0 Å². The van der Waals surface area contributed by atoms with E-state index in [1.165, 1.54) is 11.8 Å². The van der Waals surface area contributed by atoms with E-state index in [-0.39, 0.29) is 18.1 Å². The van der Waals surface area contributed by atoms with E-state index < -0.39 is 5.25 Å². The van der Waals surface area contributed by atoms with Crippen molar-refractivity contribution in [2.75, 3.05) is 7.11 Å². The molecule has 1 aliphatic rings. The fraction of sp³-hybridized carbons (Fsp3) is 0.143. The molecule has 0 saturated carbocycles. The van der Waals surface area contributed by atoms with Gasteiger partial charge in [-0.1, -0.05) is 48.2 Å². The average Bonchev–Trinajstić information content (AvgIpc) is 3.07. The third-order valence-electron chi connectivity index (χ3n) is 3.95. The Morgan fingerprint density at radius 1 is 1.18 bits per heavy atom. The molecule has 142 valence electrons. The predicted molar refractivity (Wildman–Crippen MR) is 113 cm³/mol. The molecule has 0 spiro atoms. The highest BCUT2D eigenvalue weighted by Crippen LogP contribution is 2.24. The molecule has 28 heavy (non-hydrogen) atoms. The van der Waals surface area contributed by atoms with E-state index in [0.717, 1.165) is 5.56 Å². The van der Waals surface area contributed by atoms with E-state index in [2.05, 4.69) is 15.5 Å². The summed E-state index contributed by atoms with van der Waals surface area (Å²) in [6.07, 6.45) is 5.31. The fourth-order valence-electron chi connectivity index (χ4n) is 2.49. The first-order chi connectivity index (χ1) is 13.7. The van der Waals surface area contributed by atoms with Crippen LogP contribution in [0.5, 0.6) is 5.75 Å². The number of allylic oxidation sites excluding steroid dienone is 1. The first kappa shape index (κ1) is 19.6. The van der Waals surface area contributed by atoms with Crippen molar-refractivity contribution in [3.05, 3.63) is 71.8 Å². The summed E-state index contributed by atoms with van der Waals surface area (Å²) in [6.45, 7) is 0. The van der Waals surface area contributed by atoms with E-state index in [1.54, 1.807) is 43.7 Å². The van der Waals surface area contributed by atoms with Gasteiger partial charge in [0.1, 0.15) is 5.75 Å². The van der Waals surface area contributed by atoms with Gasteiger partial charge in [0.05, 0.1) is 12.4 Å². The Morgan fingerprint density at radius 3 is 2.64 bits per heavy atom. The van der Waals surface area contributed by atoms with Crippen molar-refractivity contribution in [1.29, 1.82) is 0 Å². The van der Waals surface area contributed by atoms with Gasteiger partial charge in [0.2, 0.25) is 5.91 Å². The number of Topliss-reactive ketones (excluding diaryl/α,β-unsaturated/α-hetero) is 1. The van der Waals surface area contributed by atoms with Gasteiger partial charge in [-0.25, -0.2) is 0 Å². The Labute approximate surface area is 167 Å². The topological polar surface area (TPSA) is 80.1 Å². The minimum Gasteiger partial charge on any atom is -0.497 e. The number of ketones is 1. The number of nitrogens with zero attached hydrogens (tertiary/aromatic N) is 2. The number of amides is 1. The van der Waals surface area contributed by atoms with Gasteiger partial charge in [-0.2, -0.15) is 5.10 Å². The molecule has 1 saturated heterocycles. The van der Waals surface area contributed by atoms with E-state index in [4.69, 9.17) is 4.74 Å². The molecule has 1 aliphatic heterocycles. The summed E-state index contributed by atoms with van der Waals surface area (Å²) in [5.41, 5.74) is 1.60. The SMILES string of the molecule is COc1ccc(C(=O)CC2SC(=NN=CC=Cc3ccccc3)NC2=O)cc1. The maximum Gasteiger partial charge on any atom is 0.240 e. The number of carbonyl (C=O) groups excluding carboxylic acids is 2. The van der Waals surface area contributed by atoms with Crippen LogP contribution in [0.3, 0.4) is 0 Å². The van der Waals surface area contributed by atoms with Crippen molar-refractivity contribution in [3.63, 3.8) is 0 Å². The Hall–Kier alpha value is -3.19. The predicted octanol–water partition coefficient (Wildman–Crippen LogP) is 3.55. The zero-order valence-electron chi connectivity index (χ0n) is 15.2. The minimum absolute atomic E-state index is 0.0967. The standard InChI is InChI=1S/C21H19N3O3S/c1-27-17-11-9-16(10-12-17)18(25)14-19-20(26)23-21(28-19)24-22-13-5-8-15-6-3-2-4-7-15/h2-13,19H,14H2,1H3,(H,23,24,26). The molecule has 1 atom stereocenters. The van der Waals surface area contributed by atoms with Crippen molar-refractivity contribution in [3.8, 4) is 5.75 Å². The normalized spacial score (nSPS) is 18.1. The zero-order chi connectivity index (χ0) is 19.8. The van der Waals surface area contributed by atoms with Crippen LogP contribution in [-0.4, -0.2) is 35.4 Å². The van der Waals surface area contributed by atoms with Crippen LogP contribution in [0.1, 0.15) is 22.3 Å². The molecule has 1 N–H and O–H groups in total. The van der Waals surface area contributed by atoms with Crippen molar-refractivity contribution in [2.24, 2.45) is 10.2 Å². The Kier molecular flexibility index (Phi) is 6.75. The second kappa shape index (κ2) is 9.66. The molecule has 3 rings (SSSR count). The summed E-state index contributed by atoms with van der Waals surface area (Å²) >= 11 is 1.21. The molecule has 1 unspecified atom stereocenters. The highest BCUT2D eigenvalue weighted by molar-refractivity contribution is 8.15. The molecule has 1 heterocycles. The van der Waals surface area contributed by atoms with E-state index in [0.29, 0.717) is 16.5 Å². The number of hydrogen-bond acceptors (Lipinski definition) is 6. The van der Waals surface area contributed by atoms with Crippen LogP contribution in [0, 0.1) is 0 Å². The van der Waals surface area contributed by atoms with Gasteiger partial charge in [-0.05, 0) is 35.9 Å². The van der Waals surface area contributed by atoms with Crippen LogP contribution in [0.2, 0.25) is 0 Å². The van der Waals surface area contributed by atoms with Gasteiger partial charge in [0.25, 0.3) is 0 Å². The monoisotopic (exact) mass is 393 g/mol. The van der Waals surface area contributed by atoms with Crippen molar-refractivity contribution in [2.45, 2.75) is 11.7 Å². The number of methoxy groups -OCH3 is 1. The maximum atomic E-state index is 12.4. The third kappa shape index (κ3) is 5.40. The van der Waals surface area contributed by atoms with E-state index in [1.807, 2.05) is 36.4 Å². The van der Waals surface area contributed by atoms with Crippen LogP contribution >= 0.6 is 11.8 Å². The van der Waals surface area contributed by atoms with Crippen LogP contribution in [0.25, 0.3) is 6.08 Å². The van der Waals surface area contributed by atoms with Crippen molar-refractivity contribution >= 4 is 40.9 Å². The quantitative estimate of drug-likeness (QED) is 0.443. The molecular formula is C21H19N3O3S. The summed E-state index contributed by atoms with van der Waals surface area (Å²) in [4.78, 5) is 24.4. The summed E-state index contributed by atoms with van der Waals surface area (Å²) in [7, 11) is 1.57. The average molecular weight is 393 g/mol. The number of amidine groups is 1. The molecule has 0 radical (unpaired) electrons. The van der Waals surface area contributed by atoms with Crippen molar-refractivity contribution < 1.29 is 14.3 Å². The number of thioether (sulfide) groups is 1. The van der Waals surface area contributed by atoms with Crippen molar-refractivity contribution in [1.82, 2.24) is 5.32 Å². The number of benzene rings is 2. The van der Waals surface area contributed by atoms with Gasteiger partial charge in [0, 0.05) is 18.2 Å². The van der Waals surface area contributed by atoms with Crippen LogP contribution in [-0.2, 0) is 4.79 Å². The first-order valence-electron chi connectivity index (χ1n) is 8.63. The molecule has 1 amide bonds. The summed E-state index contributed by atoms with van der Waals surface area (Å²) in [6, 6.07) is 16.6. The largest absolute Gasteiger partial charge is 0.497 e. The molecule has 1 fully saturated rings. The molecule has 2 aromatic rings. The Balaban J connectivity index is 1.53. The molecular weight excluding hydrogens is 374 g/mol. The van der Waals surface area contributed by atoms with Gasteiger partial charge in [-0.3, -0.25) is 9.59 Å². The number of hydrogen-bond donors (Lipinski definition) is 1. The molecule has 6 nitrogen and oxygen atoms in total. The lowest BCUT2D eigenvalue weighted by atomic mass is 10.1. The first-order valence-corrected chi connectivity index (χ1v) is 9.51. The number of ether oxygens (including phenoxy) is 1. The molecule has 0 aliphatic carbocycles. The molecule has 0 aromatic heterocycles. The van der Waals surface area contributed by atoms with Gasteiger partial charge < -0.3 is 10.1 Å². The van der Waals surface area contributed by atoms with Gasteiger partial charge >= 0.3 is 0 Å². The molecule has 0 bridgehead atoms. The Morgan fingerprint density at radius 2 is 1.93 bits per heavy atom. The summed E-state index contributed by atoms with van der Waals surface area (Å²) in [5.74, 6) is 0.338. The Bertz CT molecular complexity index is 922. The lowest BCUT2D eigenvalue weighted by Gasteiger charge is -2.05. The van der Waals surface area contributed by atoms with E-state index in [9.17, 15) is 9.59 Å². The van der Waals surface area contributed by atoms with Crippen LogP contribution < -0.4 is 10.1 Å². The van der Waals surface area contributed by atoms with Gasteiger partial charge in [-0.15, -0.1) is 5.10 Å². The summed E-state index contributed by atoms with van der Waals surface area (Å²) in [5, 5.41) is 10.5. The number of nitrogens with one attached hydrogen (secondary N) is 1. The lowest BCUT2D eigenvalue weighted by molar-refractivity contribution is -0.118.